The van der Waals surface area contributed by atoms with Crippen LogP contribution < -0.4 is 0 Å². The minimum atomic E-state index is 0.797. The maximum atomic E-state index is 2.48. The summed E-state index contributed by atoms with van der Waals surface area (Å²) in [4.78, 5) is 0. The number of aryl methyl sites for hydroxylation is 1. The fourth-order valence-electron chi connectivity index (χ4n) is 5.03. The number of fused-ring (bicyclic) bond motifs is 1. The number of hydrogen-bond donors (Lipinski definition) is 0. The quantitative estimate of drug-likeness (QED) is 0.369. The van der Waals surface area contributed by atoms with Gasteiger partial charge in [-0.1, -0.05) is 95.2 Å². The Morgan fingerprint density at radius 2 is 1.41 bits per heavy atom. The Hall–Kier alpha value is -1.30. The van der Waals surface area contributed by atoms with E-state index in [4.69, 9.17) is 0 Å². The molecule has 2 aromatic carbocycles. The van der Waals surface area contributed by atoms with E-state index in [1.807, 2.05) is 0 Å². The Kier molecular flexibility index (Phi) is 8.24. The summed E-state index contributed by atoms with van der Waals surface area (Å²) in [6, 6.07) is 14.5. The minimum absolute atomic E-state index is 0.797. The molecule has 2 aromatic rings. The van der Waals surface area contributed by atoms with Crippen LogP contribution in [0, 0.1) is 5.92 Å². The summed E-state index contributed by atoms with van der Waals surface area (Å²) in [6.07, 6.45) is 18.0. The molecule has 1 saturated carbocycles. The third-order valence-electron chi connectivity index (χ3n) is 6.76. The molecule has 0 atom stereocenters. The van der Waals surface area contributed by atoms with Crippen molar-refractivity contribution in [1.82, 2.24) is 0 Å². The molecule has 1 fully saturated rings. The lowest BCUT2D eigenvalue weighted by Gasteiger charge is -2.28. The Labute approximate surface area is 167 Å². The van der Waals surface area contributed by atoms with Crippen LogP contribution in [0.2, 0.25) is 0 Å². The second kappa shape index (κ2) is 10.9. The second-order valence-electron chi connectivity index (χ2n) is 8.97. The van der Waals surface area contributed by atoms with Crippen LogP contribution in [0.5, 0.6) is 0 Å². The van der Waals surface area contributed by atoms with Gasteiger partial charge in [0, 0.05) is 0 Å². The van der Waals surface area contributed by atoms with Gasteiger partial charge in [-0.05, 0) is 72.3 Å². The molecule has 0 nitrogen and oxygen atoms in total. The molecule has 148 valence electrons. The minimum Gasteiger partial charge on any atom is -0.0654 e. The van der Waals surface area contributed by atoms with Gasteiger partial charge in [0.2, 0.25) is 0 Å². The van der Waals surface area contributed by atoms with Crippen molar-refractivity contribution in [2.75, 3.05) is 0 Å². The van der Waals surface area contributed by atoms with Crippen molar-refractivity contribution < 1.29 is 0 Å². The molecule has 0 N–H and O–H groups in total. The standard InChI is InChI=1S/C27H40/c1-3-5-6-7-8-9-11-23-14-17-27-21-26(19-18-25(27)20-23)24-15-12-22(10-4-2)13-16-24/h14,17-22,24H,3-13,15-16H2,1-2H3/t22-,24-. The zero-order valence-electron chi connectivity index (χ0n) is 17.8. The van der Waals surface area contributed by atoms with E-state index in [0.717, 1.165) is 11.8 Å². The highest BCUT2D eigenvalue weighted by Gasteiger charge is 2.21. The van der Waals surface area contributed by atoms with Gasteiger partial charge >= 0.3 is 0 Å². The molecule has 0 aliphatic heterocycles. The number of rotatable bonds is 10. The molecule has 27 heavy (non-hydrogen) atoms. The maximum absolute atomic E-state index is 2.48. The van der Waals surface area contributed by atoms with Gasteiger partial charge in [0.05, 0.1) is 0 Å². The molecule has 0 amide bonds. The highest BCUT2D eigenvalue weighted by atomic mass is 14.3. The van der Waals surface area contributed by atoms with Crippen LogP contribution in [0.4, 0.5) is 0 Å². The summed E-state index contributed by atoms with van der Waals surface area (Å²) in [5, 5.41) is 2.87. The third kappa shape index (κ3) is 6.09. The first kappa shape index (κ1) is 20.4. The van der Waals surface area contributed by atoms with E-state index in [0.29, 0.717) is 0 Å². The molecule has 1 aliphatic rings. The summed E-state index contributed by atoms with van der Waals surface area (Å²) in [5.41, 5.74) is 3.10. The average molecular weight is 365 g/mol. The number of benzene rings is 2. The van der Waals surface area contributed by atoms with E-state index in [9.17, 15) is 0 Å². The normalized spacial score (nSPS) is 20.2. The van der Waals surface area contributed by atoms with E-state index in [2.05, 4.69) is 50.2 Å². The van der Waals surface area contributed by atoms with Gasteiger partial charge in [0.25, 0.3) is 0 Å². The molecule has 0 bridgehead atoms. The smallest absolute Gasteiger partial charge is 0.0162 e. The monoisotopic (exact) mass is 364 g/mol. The van der Waals surface area contributed by atoms with E-state index in [1.54, 1.807) is 5.56 Å². The van der Waals surface area contributed by atoms with Gasteiger partial charge in [0.15, 0.2) is 0 Å². The molecular formula is C27H40. The lowest BCUT2D eigenvalue weighted by molar-refractivity contribution is 0.308. The van der Waals surface area contributed by atoms with Crippen LogP contribution in [-0.4, -0.2) is 0 Å². The Morgan fingerprint density at radius 3 is 2.19 bits per heavy atom. The van der Waals surface area contributed by atoms with E-state index < -0.39 is 0 Å². The van der Waals surface area contributed by atoms with Crippen molar-refractivity contribution in [3.63, 3.8) is 0 Å². The van der Waals surface area contributed by atoms with Crippen molar-refractivity contribution in [1.29, 1.82) is 0 Å². The molecule has 0 radical (unpaired) electrons. The zero-order chi connectivity index (χ0) is 18.9. The molecule has 0 unspecified atom stereocenters. The zero-order valence-corrected chi connectivity index (χ0v) is 17.8. The van der Waals surface area contributed by atoms with Crippen molar-refractivity contribution in [3.8, 4) is 0 Å². The lowest BCUT2D eigenvalue weighted by Crippen LogP contribution is -2.13. The highest BCUT2D eigenvalue weighted by molar-refractivity contribution is 5.84. The van der Waals surface area contributed by atoms with Crippen molar-refractivity contribution in [3.05, 3.63) is 47.5 Å². The Morgan fingerprint density at radius 1 is 0.704 bits per heavy atom. The van der Waals surface area contributed by atoms with Crippen LogP contribution >= 0.6 is 0 Å². The largest absolute Gasteiger partial charge is 0.0654 e. The molecule has 0 heteroatoms. The van der Waals surface area contributed by atoms with Crippen molar-refractivity contribution in [2.24, 2.45) is 5.92 Å². The van der Waals surface area contributed by atoms with Gasteiger partial charge in [-0.15, -0.1) is 0 Å². The van der Waals surface area contributed by atoms with Crippen LogP contribution in [0.25, 0.3) is 10.8 Å². The summed E-state index contributed by atoms with van der Waals surface area (Å²) in [6.45, 7) is 4.62. The van der Waals surface area contributed by atoms with E-state index in [1.165, 1.54) is 99.8 Å². The maximum Gasteiger partial charge on any atom is -0.0162 e. The first-order chi connectivity index (χ1) is 13.3. The van der Waals surface area contributed by atoms with E-state index in [-0.39, 0.29) is 0 Å². The first-order valence-electron chi connectivity index (χ1n) is 11.8. The van der Waals surface area contributed by atoms with Crippen LogP contribution in [0.15, 0.2) is 36.4 Å². The summed E-state index contributed by atoms with van der Waals surface area (Å²) in [7, 11) is 0. The van der Waals surface area contributed by atoms with Gasteiger partial charge in [-0.3, -0.25) is 0 Å². The van der Waals surface area contributed by atoms with Gasteiger partial charge < -0.3 is 0 Å². The summed E-state index contributed by atoms with van der Waals surface area (Å²) >= 11 is 0. The summed E-state index contributed by atoms with van der Waals surface area (Å²) < 4.78 is 0. The van der Waals surface area contributed by atoms with Gasteiger partial charge in [-0.2, -0.15) is 0 Å². The average Bonchev–Trinajstić information content (AvgIpc) is 2.71. The molecule has 0 heterocycles. The lowest BCUT2D eigenvalue weighted by atomic mass is 9.77. The topological polar surface area (TPSA) is 0 Å². The predicted octanol–water partition coefficient (Wildman–Crippen LogP) is 8.82. The molecule has 0 saturated heterocycles. The summed E-state index contributed by atoms with van der Waals surface area (Å²) in [5.74, 6) is 1.79. The molecule has 0 spiro atoms. The number of unbranched alkanes of at least 4 members (excludes halogenated alkanes) is 5. The fraction of sp³-hybridized carbons (Fsp3) is 0.630. The van der Waals surface area contributed by atoms with Crippen LogP contribution in [-0.2, 0) is 6.42 Å². The molecule has 0 aromatic heterocycles. The SMILES string of the molecule is CCCCCCCCc1ccc2cc([C@H]3CC[C@H](CCC)CC3)ccc2c1. The molecule has 3 rings (SSSR count). The van der Waals surface area contributed by atoms with Crippen LogP contribution in [0.3, 0.4) is 0 Å². The van der Waals surface area contributed by atoms with Gasteiger partial charge in [-0.25, -0.2) is 0 Å². The highest BCUT2D eigenvalue weighted by Crippen LogP contribution is 2.38. The van der Waals surface area contributed by atoms with Gasteiger partial charge in [0.1, 0.15) is 0 Å². The second-order valence-corrected chi connectivity index (χ2v) is 8.97. The molecule has 1 aliphatic carbocycles. The molecular weight excluding hydrogens is 324 g/mol. The van der Waals surface area contributed by atoms with E-state index >= 15 is 0 Å². The third-order valence-corrected chi connectivity index (χ3v) is 6.76. The fourth-order valence-corrected chi connectivity index (χ4v) is 5.03. The number of hydrogen-bond acceptors (Lipinski definition) is 0. The van der Waals surface area contributed by atoms with Crippen molar-refractivity contribution >= 4 is 10.8 Å². The Bertz CT molecular complexity index is 675. The Balaban J connectivity index is 1.54. The predicted molar refractivity (Wildman–Crippen MR) is 121 cm³/mol. The first-order valence-corrected chi connectivity index (χ1v) is 11.8. The van der Waals surface area contributed by atoms with Crippen molar-refractivity contribution in [2.45, 2.75) is 103 Å². The van der Waals surface area contributed by atoms with Crippen LogP contribution in [0.1, 0.15) is 108 Å².